The summed E-state index contributed by atoms with van der Waals surface area (Å²) < 4.78 is 12.9. The standard InChI is InChI=1S/C15H14FNO2S/c1-9(2)13-7-10(15(18)19)8-14(17-13)20-12-5-3-11(16)4-6-12/h3-9H,1-2H3,(H,18,19). The van der Waals surface area contributed by atoms with Gasteiger partial charge in [0.15, 0.2) is 0 Å². The predicted molar refractivity (Wildman–Crippen MR) is 75.8 cm³/mol. The number of halogens is 1. The fourth-order valence-electron chi connectivity index (χ4n) is 1.62. The van der Waals surface area contributed by atoms with Crippen LogP contribution in [0.1, 0.15) is 35.8 Å². The summed E-state index contributed by atoms with van der Waals surface area (Å²) in [5.74, 6) is -1.14. The molecule has 0 aliphatic carbocycles. The largest absolute Gasteiger partial charge is 0.478 e. The van der Waals surface area contributed by atoms with Gasteiger partial charge in [-0.25, -0.2) is 14.2 Å². The Bertz CT molecular complexity index is 626. The molecule has 20 heavy (non-hydrogen) atoms. The molecule has 1 aromatic carbocycles. The number of carbonyl (C=O) groups is 1. The highest BCUT2D eigenvalue weighted by Gasteiger charge is 2.11. The first-order chi connectivity index (χ1) is 9.45. The Labute approximate surface area is 120 Å². The first kappa shape index (κ1) is 14.5. The SMILES string of the molecule is CC(C)c1cc(C(=O)O)cc(Sc2ccc(F)cc2)n1. The molecule has 0 saturated heterocycles. The van der Waals surface area contributed by atoms with Crippen LogP contribution in [0.2, 0.25) is 0 Å². The predicted octanol–water partition coefficient (Wildman–Crippen LogP) is 4.19. The molecule has 0 unspecified atom stereocenters. The van der Waals surface area contributed by atoms with Gasteiger partial charge >= 0.3 is 5.97 Å². The summed E-state index contributed by atoms with van der Waals surface area (Å²) in [7, 11) is 0. The Balaban J connectivity index is 2.35. The smallest absolute Gasteiger partial charge is 0.335 e. The summed E-state index contributed by atoms with van der Waals surface area (Å²) in [5.41, 5.74) is 0.947. The molecule has 2 aromatic rings. The van der Waals surface area contributed by atoms with Crippen molar-refractivity contribution in [2.45, 2.75) is 29.7 Å². The van der Waals surface area contributed by atoms with Gasteiger partial charge in [-0.2, -0.15) is 0 Å². The number of hydrogen-bond donors (Lipinski definition) is 1. The molecule has 0 amide bonds. The molecule has 0 aliphatic heterocycles. The van der Waals surface area contributed by atoms with Crippen LogP contribution in [-0.2, 0) is 0 Å². The third-order valence-electron chi connectivity index (χ3n) is 2.70. The van der Waals surface area contributed by atoms with Crippen LogP contribution < -0.4 is 0 Å². The summed E-state index contributed by atoms with van der Waals surface area (Å²) >= 11 is 1.32. The van der Waals surface area contributed by atoms with Gasteiger partial charge in [-0.15, -0.1) is 0 Å². The lowest BCUT2D eigenvalue weighted by molar-refractivity contribution is 0.0696. The zero-order chi connectivity index (χ0) is 14.7. The number of benzene rings is 1. The first-order valence-electron chi connectivity index (χ1n) is 6.14. The Hall–Kier alpha value is -1.88. The molecule has 104 valence electrons. The van der Waals surface area contributed by atoms with Crippen molar-refractivity contribution in [2.75, 3.05) is 0 Å². The number of rotatable bonds is 4. The molecule has 1 heterocycles. The van der Waals surface area contributed by atoms with E-state index in [1.165, 1.54) is 30.0 Å². The molecule has 0 aliphatic rings. The second-order valence-corrected chi connectivity index (χ2v) is 5.73. The van der Waals surface area contributed by atoms with E-state index in [9.17, 15) is 9.18 Å². The zero-order valence-corrected chi connectivity index (χ0v) is 11.9. The van der Waals surface area contributed by atoms with Crippen LogP contribution in [0.5, 0.6) is 0 Å². The molecule has 3 nitrogen and oxygen atoms in total. The lowest BCUT2D eigenvalue weighted by Gasteiger charge is -2.09. The van der Waals surface area contributed by atoms with Crippen molar-refractivity contribution in [1.29, 1.82) is 0 Å². The molecular weight excluding hydrogens is 277 g/mol. The van der Waals surface area contributed by atoms with Crippen LogP contribution in [0.3, 0.4) is 0 Å². The summed E-state index contributed by atoms with van der Waals surface area (Å²) in [6.45, 7) is 3.92. The molecule has 5 heteroatoms. The second-order valence-electron chi connectivity index (χ2n) is 4.63. The van der Waals surface area contributed by atoms with E-state index in [1.807, 2.05) is 13.8 Å². The van der Waals surface area contributed by atoms with Crippen molar-refractivity contribution in [3.05, 3.63) is 53.5 Å². The first-order valence-corrected chi connectivity index (χ1v) is 6.96. The van der Waals surface area contributed by atoms with Crippen molar-refractivity contribution in [3.63, 3.8) is 0 Å². The van der Waals surface area contributed by atoms with Gasteiger partial charge in [0.1, 0.15) is 10.8 Å². The highest BCUT2D eigenvalue weighted by Crippen LogP contribution is 2.28. The molecule has 1 N–H and O–H groups in total. The van der Waals surface area contributed by atoms with E-state index < -0.39 is 5.97 Å². The number of aromatic carboxylic acids is 1. The van der Waals surface area contributed by atoms with Gasteiger partial charge in [-0.05, 0) is 42.3 Å². The van der Waals surface area contributed by atoms with Crippen molar-refractivity contribution in [1.82, 2.24) is 4.98 Å². The highest BCUT2D eigenvalue weighted by atomic mass is 32.2. The Morgan fingerprint density at radius 2 is 1.90 bits per heavy atom. The lowest BCUT2D eigenvalue weighted by atomic mass is 10.1. The van der Waals surface area contributed by atoms with Crippen LogP contribution >= 0.6 is 11.8 Å². The van der Waals surface area contributed by atoms with Crippen molar-refractivity contribution < 1.29 is 14.3 Å². The number of carboxylic acid groups (broad SMARTS) is 1. The topological polar surface area (TPSA) is 50.2 Å². The van der Waals surface area contributed by atoms with Crippen molar-refractivity contribution in [3.8, 4) is 0 Å². The molecule has 0 atom stereocenters. The van der Waals surface area contributed by atoms with E-state index in [0.29, 0.717) is 5.03 Å². The molecule has 0 saturated carbocycles. The van der Waals surface area contributed by atoms with Gasteiger partial charge in [0, 0.05) is 10.6 Å². The third kappa shape index (κ3) is 3.57. The van der Waals surface area contributed by atoms with E-state index >= 15 is 0 Å². The van der Waals surface area contributed by atoms with Crippen LogP contribution in [0.4, 0.5) is 4.39 Å². The van der Waals surface area contributed by atoms with Gasteiger partial charge in [0.2, 0.25) is 0 Å². The number of carboxylic acids is 1. The number of aromatic nitrogens is 1. The zero-order valence-electron chi connectivity index (χ0n) is 11.1. The minimum absolute atomic E-state index is 0.141. The summed E-state index contributed by atoms with van der Waals surface area (Å²) in [4.78, 5) is 16.4. The quantitative estimate of drug-likeness (QED) is 0.917. The number of pyridine rings is 1. The fraction of sp³-hybridized carbons (Fsp3) is 0.200. The van der Waals surface area contributed by atoms with Crippen LogP contribution in [-0.4, -0.2) is 16.1 Å². The van der Waals surface area contributed by atoms with E-state index in [4.69, 9.17) is 5.11 Å². The third-order valence-corrected chi connectivity index (χ3v) is 3.62. The minimum atomic E-state index is -0.977. The molecule has 0 spiro atoms. The number of hydrogen-bond acceptors (Lipinski definition) is 3. The van der Waals surface area contributed by atoms with E-state index in [-0.39, 0.29) is 17.3 Å². The fourth-order valence-corrected chi connectivity index (χ4v) is 2.47. The molecule has 0 radical (unpaired) electrons. The molecule has 0 fully saturated rings. The molecular formula is C15H14FNO2S. The normalized spacial score (nSPS) is 10.8. The van der Waals surface area contributed by atoms with E-state index in [2.05, 4.69) is 4.98 Å². The second kappa shape index (κ2) is 6.05. The van der Waals surface area contributed by atoms with Gasteiger partial charge in [-0.3, -0.25) is 0 Å². The summed E-state index contributed by atoms with van der Waals surface area (Å²) in [5, 5.41) is 9.73. The van der Waals surface area contributed by atoms with Crippen LogP contribution in [0.15, 0.2) is 46.3 Å². The van der Waals surface area contributed by atoms with Crippen molar-refractivity contribution in [2.24, 2.45) is 0 Å². The Morgan fingerprint density at radius 3 is 2.45 bits per heavy atom. The van der Waals surface area contributed by atoms with Gasteiger partial charge in [0.25, 0.3) is 0 Å². The summed E-state index contributed by atoms with van der Waals surface area (Å²) in [6, 6.07) is 9.14. The van der Waals surface area contributed by atoms with Crippen molar-refractivity contribution >= 4 is 17.7 Å². The molecule has 0 bridgehead atoms. The number of nitrogens with zero attached hydrogens (tertiary/aromatic N) is 1. The Morgan fingerprint density at radius 1 is 1.25 bits per heavy atom. The van der Waals surface area contributed by atoms with Gasteiger partial charge in [0.05, 0.1) is 5.56 Å². The summed E-state index contributed by atoms with van der Waals surface area (Å²) in [6.07, 6.45) is 0. The maximum absolute atomic E-state index is 12.9. The Kier molecular flexibility index (Phi) is 4.39. The van der Waals surface area contributed by atoms with E-state index in [1.54, 1.807) is 18.2 Å². The maximum Gasteiger partial charge on any atom is 0.335 e. The van der Waals surface area contributed by atoms with Gasteiger partial charge < -0.3 is 5.11 Å². The average Bonchev–Trinajstić information content (AvgIpc) is 2.41. The lowest BCUT2D eigenvalue weighted by Crippen LogP contribution is -2.02. The monoisotopic (exact) mass is 291 g/mol. The van der Waals surface area contributed by atoms with Crippen LogP contribution in [0, 0.1) is 5.82 Å². The molecule has 2 rings (SSSR count). The highest BCUT2D eigenvalue weighted by molar-refractivity contribution is 7.99. The minimum Gasteiger partial charge on any atom is -0.478 e. The molecule has 1 aromatic heterocycles. The van der Waals surface area contributed by atoms with E-state index in [0.717, 1.165) is 10.6 Å². The maximum atomic E-state index is 12.9. The average molecular weight is 291 g/mol. The van der Waals surface area contributed by atoms with Crippen LogP contribution in [0.25, 0.3) is 0 Å². The van der Waals surface area contributed by atoms with Gasteiger partial charge in [-0.1, -0.05) is 25.6 Å².